The van der Waals surface area contributed by atoms with Crippen LogP contribution in [0.5, 0.6) is 0 Å². The Hall–Kier alpha value is -1.63. The SMILES string of the molecule is CCC(C)(C(=O)OC)C(O)(Cn1cncn1)c1ccc(Cl)cc1Cl. The minimum atomic E-state index is -1.68. The van der Waals surface area contributed by atoms with Crippen molar-refractivity contribution in [3.8, 4) is 0 Å². The fraction of sp³-hybridized carbons (Fsp3) is 0.438. The van der Waals surface area contributed by atoms with Crippen LogP contribution in [-0.2, 0) is 21.7 Å². The van der Waals surface area contributed by atoms with Crippen LogP contribution in [0, 0.1) is 5.41 Å². The first kappa shape index (κ1) is 18.7. The number of aliphatic hydroxyl groups is 1. The fourth-order valence-corrected chi connectivity index (χ4v) is 3.33. The molecule has 0 aliphatic carbocycles. The molecular formula is C16H19Cl2N3O3. The van der Waals surface area contributed by atoms with Gasteiger partial charge in [-0.25, -0.2) is 9.67 Å². The minimum Gasteiger partial charge on any atom is -0.469 e. The number of methoxy groups -OCH3 is 1. The Morgan fingerprint density at radius 2 is 2.12 bits per heavy atom. The molecule has 130 valence electrons. The number of carbonyl (C=O) groups is 1. The van der Waals surface area contributed by atoms with E-state index in [2.05, 4.69) is 10.1 Å². The van der Waals surface area contributed by atoms with E-state index in [0.29, 0.717) is 17.0 Å². The third kappa shape index (κ3) is 3.14. The Labute approximate surface area is 150 Å². The summed E-state index contributed by atoms with van der Waals surface area (Å²) in [5.41, 5.74) is -2.56. The van der Waals surface area contributed by atoms with E-state index in [9.17, 15) is 9.90 Å². The lowest BCUT2D eigenvalue weighted by atomic mass is 9.67. The van der Waals surface area contributed by atoms with E-state index in [0.717, 1.165) is 0 Å². The van der Waals surface area contributed by atoms with E-state index in [-0.39, 0.29) is 11.6 Å². The quantitative estimate of drug-likeness (QED) is 0.789. The van der Waals surface area contributed by atoms with E-state index in [1.54, 1.807) is 26.0 Å². The fourth-order valence-electron chi connectivity index (χ4n) is 2.76. The molecule has 1 heterocycles. The Morgan fingerprint density at radius 3 is 2.62 bits per heavy atom. The summed E-state index contributed by atoms with van der Waals surface area (Å²) in [5.74, 6) is -0.543. The van der Waals surface area contributed by atoms with Crippen molar-refractivity contribution in [2.75, 3.05) is 7.11 Å². The zero-order chi connectivity index (χ0) is 18.0. The molecule has 24 heavy (non-hydrogen) atoms. The summed E-state index contributed by atoms with van der Waals surface area (Å²) in [6.45, 7) is 3.42. The molecule has 0 spiro atoms. The smallest absolute Gasteiger partial charge is 0.314 e. The van der Waals surface area contributed by atoms with E-state index in [4.69, 9.17) is 27.9 Å². The summed E-state index contributed by atoms with van der Waals surface area (Å²) in [6.07, 6.45) is 3.14. The molecule has 0 aliphatic heterocycles. The molecule has 1 N–H and O–H groups in total. The molecule has 0 fully saturated rings. The van der Waals surface area contributed by atoms with Gasteiger partial charge in [0.2, 0.25) is 0 Å². The topological polar surface area (TPSA) is 77.2 Å². The average Bonchev–Trinajstić information content (AvgIpc) is 3.05. The molecule has 6 nitrogen and oxygen atoms in total. The molecule has 0 saturated carbocycles. The van der Waals surface area contributed by atoms with Crippen molar-refractivity contribution in [1.29, 1.82) is 0 Å². The highest BCUT2D eigenvalue weighted by Crippen LogP contribution is 2.47. The molecule has 2 aromatic rings. The maximum absolute atomic E-state index is 12.5. The zero-order valence-corrected chi connectivity index (χ0v) is 15.2. The van der Waals surface area contributed by atoms with Crippen LogP contribution in [0.2, 0.25) is 10.0 Å². The van der Waals surface area contributed by atoms with Crippen molar-refractivity contribution in [2.45, 2.75) is 32.4 Å². The van der Waals surface area contributed by atoms with Gasteiger partial charge in [-0.2, -0.15) is 5.10 Å². The van der Waals surface area contributed by atoms with Gasteiger partial charge in [0.25, 0.3) is 0 Å². The molecule has 0 aliphatic rings. The third-order valence-corrected chi connectivity index (χ3v) is 5.04. The van der Waals surface area contributed by atoms with Crippen LogP contribution >= 0.6 is 23.2 Å². The number of hydrogen-bond donors (Lipinski definition) is 1. The molecule has 1 aromatic carbocycles. The van der Waals surface area contributed by atoms with Gasteiger partial charge in [0, 0.05) is 15.6 Å². The third-order valence-electron chi connectivity index (χ3n) is 4.49. The average molecular weight is 372 g/mol. The van der Waals surface area contributed by atoms with Crippen LogP contribution in [0.1, 0.15) is 25.8 Å². The highest BCUT2D eigenvalue weighted by Gasteiger charge is 2.54. The van der Waals surface area contributed by atoms with Crippen molar-refractivity contribution in [1.82, 2.24) is 14.8 Å². The number of aromatic nitrogens is 3. The monoisotopic (exact) mass is 371 g/mol. The summed E-state index contributed by atoms with van der Waals surface area (Å²) < 4.78 is 6.39. The van der Waals surface area contributed by atoms with Crippen molar-refractivity contribution in [3.63, 3.8) is 0 Å². The lowest BCUT2D eigenvalue weighted by Crippen LogP contribution is -2.52. The Bertz CT molecular complexity index is 723. The van der Waals surface area contributed by atoms with Crippen molar-refractivity contribution < 1.29 is 14.6 Å². The number of nitrogens with zero attached hydrogens (tertiary/aromatic N) is 3. The van der Waals surface area contributed by atoms with Gasteiger partial charge in [0.1, 0.15) is 18.3 Å². The van der Waals surface area contributed by atoms with Crippen LogP contribution in [0.25, 0.3) is 0 Å². The molecular weight excluding hydrogens is 353 g/mol. The first-order valence-corrected chi connectivity index (χ1v) is 8.13. The molecule has 8 heteroatoms. The minimum absolute atomic E-state index is 0.0200. The molecule has 2 unspecified atom stereocenters. The van der Waals surface area contributed by atoms with E-state index in [1.165, 1.54) is 30.5 Å². The standard InChI is InChI=1S/C16H19Cl2N3O3/c1-4-15(2,14(22)24-3)16(23,8-21-10-19-9-20-21)12-6-5-11(17)7-13(12)18/h5-7,9-10,23H,4,8H2,1-3H3. The van der Waals surface area contributed by atoms with Gasteiger partial charge in [-0.05, 0) is 25.5 Å². The van der Waals surface area contributed by atoms with Gasteiger partial charge in [0.05, 0.1) is 19.1 Å². The van der Waals surface area contributed by atoms with E-state index < -0.39 is 17.0 Å². The van der Waals surface area contributed by atoms with Gasteiger partial charge < -0.3 is 9.84 Å². The summed E-state index contributed by atoms with van der Waals surface area (Å²) >= 11 is 12.3. The van der Waals surface area contributed by atoms with Crippen molar-refractivity contribution >= 4 is 29.2 Å². The summed E-state index contributed by atoms with van der Waals surface area (Å²) in [5, 5.41) is 16.4. The van der Waals surface area contributed by atoms with E-state index in [1.807, 2.05) is 0 Å². The maximum atomic E-state index is 12.5. The van der Waals surface area contributed by atoms with Crippen LogP contribution in [0.4, 0.5) is 0 Å². The first-order chi connectivity index (χ1) is 11.3. The molecule has 2 rings (SSSR count). The zero-order valence-electron chi connectivity index (χ0n) is 13.7. The van der Waals surface area contributed by atoms with Crippen LogP contribution < -0.4 is 0 Å². The highest BCUT2D eigenvalue weighted by atomic mass is 35.5. The normalized spacial score (nSPS) is 16.2. The molecule has 0 radical (unpaired) electrons. The number of rotatable bonds is 6. The summed E-state index contributed by atoms with van der Waals surface area (Å²) in [6, 6.07) is 4.75. The number of esters is 1. The molecule has 0 bridgehead atoms. The second-order valence-electron chi connectivity index (χ2n) is 5.75. The number of carbonyl (C=O) groups excluding carboxylic acids is 1. The number of ether oxygens (including phenoxy) is 1. The second kappa shape index (κ2) is 7.09. The molecule has 0 saturated heterocycles. The van der Waals surface area contributed by atoms with Crippen molar-refractivity contribution in [2.24, 2.45) is 5.41 Å². The number of hydrogen-bond acceptors (Lipinski definition) is 5. The predicted molar refractivity (Wildman–Crippen MR) is 90.8 cm³/mol. The molecule has 0 amide bonds. The molecule has 1 aromatic heterocycles. The number of halogens is 2. The second-order valence-corrected chi connectivity index (χ2v) is 6.60. The van der Waals surface area contributed by atoms with E-state index >= 15 is 0 Å². The van der Waals surface area contributed by atoms with Gasteiger partial charge >= 0.3 is 5.97 Å². The first-order valence-electron chi connectivity index (χ1n) is 7.37. The summed E-state index contributed by atoms with van der Waals surface area (Å²) in [4.78, 5) is 16.4. The Morgan fingerprint density at radius 1 is 1.42 bits per heavy atom. The summed E-state index contributed by atoms with van der Waals surface area (Å²) in [7, 11) is 1.29. The van der Waals surface area contributed by atoms with Crippen LogP contribution in [0.15, 0.2) is 30.9 Å². The lowest BCUT2D eigenvalue weighted by molar-refractivity contribution is -0.176. The van der Waals surface area contributed by atoms with Crippen molar-refractivity contribution in [3.05, 3.63) is 46.5 Å². The molecule has 2 atom stereocenters. The lowest BCUT2D eigenvalue weighted by Gasteiger charge is -2.43. The Balaban J connectivity index is 2.66. The number of benzene rings is 1. The highest BCUT2D eigenvalue weighted by molar-refractivity contribution is 6.35. The van der Waals surface area contributed by atoms with Crippen LogP contribution in [-0.4, -0.2) is 33.0 Å². The van der Waals surface area contributed by atoms with Gasteiger partial charge in [-0.15, -0.1) is 0 Å². The largest absolute Gasteiger partial charge is 0.469 e. The Kier molecular flexibility index (Phi) is 5.52. The van der Waals surface area contributed by atoms with Crippen LogP contribution in [0.3, 0.4) is 0 Å². The van der Waals surface area contributed by atoms with Gasteiger partial charge in [0.15, 0.2) is 0 Å². The maximum Gasteiger partial charge on any atom is 0.314 e. The van der Waals surface area contributed by atoms with Gasteiger partial charge in [-0.1, -0.05) is 36.2 Å². The van der Waals surface area contributed by atoms with Gasteiger partial charge in [-0.3, -0.25) is 4.79 Å². The predicted octanol–water partition coefficient (Wildman–Crippen LogP) is 3.06.